The molecule has 3 heteroatoms. The Morgan fingerprint density at radius 1 is 1.00 bits per heavy atom. The largest absolute Gasteiger partial charge is 0.313 e. The molecule has 0 saturated heterocycles. The fraction of sp³-hybridized carbons (Fsp3) is 0.250. The van der Waals surface area contributed by atoms with Gasteiger partial charge in [0.15, 0.2) is 0 Å². The van der Waals surface area contributed by atoms with E-state index in [-0.39, 0.29) is 17.7 Å². The maximum Gasteiger partial charge on any atom is 0.131 e. The number of hydrogen-bond donors (Lipinski definition) is 1. The first kappa shape index (κ1) is 13.7. The molecule has 0 radical (unpaired) electrons. The zero-order valence-electron chi connectivity index (χ0n) is 11.3. The van der Waals surface area contributed by atoms with Crippen LogP contribution in [0.3, 0.4) is 0 Å². The SMILES string of the molecule is CNC(C)c1ccc(F)c(-c2cccc(F)c2C)c1. The molecule has 1 nitrogen and oxygen atoms in total. The van der Waals surface area contributed by atoms with Gasteiger partial charge in [-0.25, -0.2) is 8.78 Å². The molecule has 0 fully saturated rings. The minimum atomic E-state index is -0.333. The van der Waals surface area contributed by atoms with Crippen LogP contribution >= 0.6 is 0 Å². The summed E-state index contributed by atoms with van der Waals surface area (Å²) in [6.45, 7) is 3.66. The number of nitrogens with one attached hydrogen (secondary N) is 1. The highest BCUT2D eigenvalue weighted by molar-refractivity contribution is 5.68. The average Bonchev–Trinajstić information content (AvgIpc) is 2.42. The predicted octanol–water partition coefficient (Wildman–Crippen LogP) is 4.22. The maximum absolute atomic E-state index is 14.0. The third-order valence-electron chi connectivity index (χ3n) is 3.48. The fourth-order valence-corrected chi connectivity index (χ4v) is 2.08. The molecule has 2 rings (SSSR count). The first-order chi connectivity index (χ1) is 9.04. The Bertz CT molecular complexity index is 593. The van der Waals surface area contributed by atoms with Gasteiger partial charge in [0.2, 0.25) is 0 Å². The molecule has 1 atom stereocenters. The maximum atomic E-state index is 14.0. The predicted molar refractivity (Wildman–Crippen MR) is 74.0 cm³/mol. The summed E-state index contributed by atoms with van der Waals surface area (Å²) >= 11 is 0. The van der Waals surface area contributed by atoms with Crippen LogP contribution in [-0.2, 0) is 0 Å². The van der Waals surface area contributed by atoms with Crippen LogP contribution in [0.1, 0.15) is 24.1 Å². The molecule has 0 spiro atoms. The first-order valence-corrected chi connectivity index (χ1v) is 6.26. The Morgan fingerprint density at radius 3 is 2.42 bits per heavy atom. The van der Waals surface area contributed by atoms with Gasteiger partial charge in [0, 0.05) is 11.6 Å². The molecule has 0 aliphatic heterocycles. The molecule has 1 unspecified atom stereocenters. The van der Waals surface area contributed by atoms with Crippen molar-refractivity contribution in [3.8, 4) is 11.1 Å². The summed E-state index contributed by atoms with van der Waals surface area (Å²) in [7, 11) is 1.85. The Kier molecular flexibility index (Phi) is 3.96. The monoisotopic (exact) mass is 261 g/mol. The smallest absolute Gasteiger partial charge is 0.131 e. The van der Waals surface area contributed by atoms with E-state index < -0.39 is 0 Å². The molecule has 100 valence electrons. The van der Waals surface area contributed by atoms with Crippen molar-refractivity contribution >= 4 is 0 Å². The van der Waals surface area contributed by atoms with Crippen molar-refractivity contribution in [1.82, 2.24) is 5.32 Å². The summed E-state index contributed by atoms with van der Waals surface area (Å²) in [5.74, 6) is -0.648. The van der Waals surface area contributed by atoms with Crippen LogP contribution in [0.2, 0.25) is 0 Å². The Labute approximate surface area is 112 Å². The quantitative estimate of drug-likeness (QED) is 0.872. The van der Waals surface area contributed by atoms with E-state index in [1.165, 1.54) is 12.1 Å². The van der Waals surface area contributed by atoms with Gasteiger partial charge in [-0.15, -0.1) is 0 Å². The molecule has 2 aromatic rings. The highest BCUT2D eigenvalue weighted by Gasteiger charge is 2.12. The summed E-state index contributed by atoms with van der Waals surface area (Å²) in [6.07, 6.45) is 0. The van der Waals surface area contributed by atoms with Gasteiger partial charge in [-0.05, 0) is 55.8 Å². The fourth-order valence-electron chi connectivity index (χ4n) is 2.08. The Hall–Kier alpha value is -1.74. The summed E-state index contributed by atoms with van der Waals surface area (Å²) < 4.78 is 27.6. The lowest BCUT2D eigenvalue weighted by Crippen LogP contribution is -2.12. The van der Waals surface area contributed by atoms with Crippen LogP contribution in [0.15, 0.2) is 36.4 Å². The summed E-state index contributed by atoms with van der Waals surface area (Å²) in [5, 5.41) is 3.11. The van der Waals surface area contributed by atoms with Crippen LogP contribution in [0.4, 0.5) is 8.78 Å². The molecule has 0 bridgehead atoms. The van der Waals surface area contributed by atoms with E-state index in [1.807, 2.05) is 14.0 Å². The van der Waals surface area contributed by atoms with Crippen molar-refractivity contribution in [2.24, 2.45) is 0 Å². The number of rotatable bonds is 3. The van der Waals surface area contributed by atoms with Crippen LogP contribution in [-0.4, -0.2) is 7.05 Å². The van der Waals surface area contributed by atoms with Crippen LogP contribution < -0.4 is 5.32 Å². The first-order valence-electron chi connectivity index (χ1n) is 6.26. The van der Waals surface area contributed by atoms with E-state index in [0.717, 1.165) is 5.56 Å². The topological polar surface area (TPSA) is 12.0 Å². The van der Waals surface area contributed by atoms with Crippen molar-refractivity contribution in [3.05, 3.63) is 59.2 Å². The highest BCUT2D eigenvalue weighted by atomic mass is 19.1. The Morgan fingerprint density at radius 2 is 1.74 bits per heavy atom. The van der Waals surface area contributed by atoms with Crippen LogP contribution in [0.25, 0.3) is 11.1 Å². The van der Waals surface area contributed by atoms with Gasteiger partial charge < -0.3 is 5.32 Å². The van der Waals surface area contributed by atoms with Gasteiger partial charge in [0.05, 0.1) is 0 Å². The lowest BCUT2D eigenvalue weighted by molar-refractivity contribution is 0.615. The van der Waals surface area contributed by atoms with Crippen molar-refractivity contribution in [2.45, 2.75) is 19.9 Å². The van der Waals surface area contributed by atoms with Gasteiger partial charge >= 0.3 is 0 Å². The second-order valence-corrected chi connectivity index (χ2v) is 4.66. The standard InChI is InChI=1S/C16H17F2N/c1-10-13(5-4-6-15(10)17)14-9-12(11(2)19-3)7-8-16(14)18/h4-9,11,19H,1-3H3. The highest BCUT2D eigenvalue weighted by Crippen LogP contribution is 2.29. The van der Waals surface area contributed by atoms with E-state index in [0.29, 0.717) is 16.7 Å². The van der Waals surface area contributed by atoms with Gasteiger partial charge in [0.25, 0.3) is 0 Å². The zero-order valence-corrected chi connectivity index (χ0v) is 11.3. The lowest BCUT2D eigenvalue weighted by Gasteiger charge is -2.14. The molecular weight excluding hydrogens is 244 g/mol. The van der Waals surface area contributed by atoms with Gasteiger partial charge in [0.1, 0.15) is 11.6 Å². The third kappa shape index (κ3) is 2.66. The average molecular weight is 261 g/mol. The van der Waals surface area contributed by atoms with Crippen molar-refractivity contribution < 1.29 is 8.78 Å². The minimum Gasteiger partial charge on any atom is -0.313 e. The van der Waals surface area contributed by atoms with Crippen LogP contribution in [0.5, 0.6) is 0 Å². The van der Waals surface area contributed by atoms with E-state index in [1.54, 1.807) is 31.2 Å². The molecule has 0 saturated carbocycles. The van der Waals surface area contributed by atoms with Gasteiger partial charge in [-0.2, -0.15) is 0 Å². The van der Waals surface area contributed by atoms with E-state index >= 15 is 0 Å². The number of benzene rings is 2. The second kappa shape index (κ2) is 5.49. The minimum absolute atomic E-state index is 0.119. The van der Waals surface area contributed by atoms with Crippen molar-refractivity contribution in [1.29, 1.82) is 0 Å². The molecule has 2 aromatic carbocycles. The summed E-state index contributed by atoms with van der Waals surface area (Å²) in [5.41, 5.74) is 2.48. The molecule has 0 aliphatic rings. The lowest BCUT2D eigenvalue weighted by atomic mass is 9.96. The van der Waals surface area contributed by atoms with Crippen molar-refractivity contribution in [3.63, 3.8) is 0 Å². The Balaban J connectivity index is 2.58. The molecule has 0 aliphatic carbocycles. The van der Waals surface area contributed by atoms with E-state index in [2.05, 4.69) is 5.32 Å². The number of hydrogen-bond acceptors (Lipinski definition) is 1. The molecule has 0 amide bonds. The molecule has 0 heterocycles. The molecular formula is C16H17F2N. The van der Waals surface area contributed by atoms with E-state index in [9.17, 15) is 8.78 Å². The third-order valence-corrected chi connectivity index (χ3v) is 3.48. The second-order valence-electron chi connectivity index (χ2n) is 4.66. The summed E-state index contributed by atoms with van der Waals surface area (Å²) in [6, 6.07) is 9.80. The molecule has 1 N–H and O–H groups in total. The van der Waals surface area contributed by atoms with Crippen molar-refractivity contribution in [2.75, 3.05) is 7.05 Å². The van der Waals surface area contributed by atoms with E-state index in [4.69, 9.17) is 0 Å². The van der Waals surface area contributed by atoms with Gasteiger partial charge in [-0.3, -0.25) is 0 Å². The van der Waals surface area contributed by atoms with Gasteiger partial charge in [-0.1, -0.05) is 18.2 Å². The number of halogens is 2. The van der Waals surface area contributed by atoms with Crippen LogP contribution in [0, 0.1) is 18.6 Å². The zero-order chi connectivity index (χ0) is 14.0. The molecule has 19 heavy (non-hydrogen) atoms. The molecule has 0 aromatic heterocycles. The summed E-state index contributed by atoms with van der Waals surface area (Å²) in [4.78, 5) is 0. The normalized spacial score (nSPS) is 12.5.